The maximum Gasteiger partial charge on any atom is 0.242 e. The molecule has 1 saturated carbocycles. The minimum Gasteiger partial charge on any atom is -0.352 e. The van der Waals surface area contributed by atoms with Crippen LogP contribution in [0.5, 0.6) is 0 Å². The first-order valence-electron chi connectivity index (χ1n) is 12.5. The molecule has 1 aliphatic carbocycles. The topological polar surface area (TPSA) is 86.8 Å². The Morgan fingerprint density at radius 1 is 1.03 bits per heavy atom. The predicted molar refractivity (Wildman–Crippen MR) is 145 cm³/mol. The summed E-state index contributed by atoms with van der Waals surface area (Å²) in [6, 6.07) is 15.5. The molecule has 0 aromatic heterocycles. The van der Waals surface area contributed by atoms with Crippen LogP contribution in [0.15, 0.2) is 64.0 Å². The first-order valence-corrected chi connectivity index (χ1v) is 14.8. The van der Waals surface area contributed by atoms with E-state index in [0.29, 0.717) is 13.0 Å². The number of amides is 2. The molecule has 2 aromatic rings. The fourth-order valence-corrected chi connectivity index (χ4v) is 5.92. The zero-order chi connectivity index (χ0) is 26.1. The molecule has 1 aliphatic rings. The van der Waals surface area contributed by atoms with E-state index in [0.717, 1.165) is 35.7 Å². The number of hydrogen-bond acceptors (Lipinski definition) is 4. The Balaban J connectivity index is 1.64. The lowest BCUT2D eigenvalue weighted by Crippen LogP contribution is -2.50. The number of nitrogens with zero attached hydrogens (tertiary/aromatic N) is 2. The Labute approximate surface area is 223 Å². The number of rotatable bonds is 11. The fraction of sp³-hybridized carbons (Fsp3) is 0.481. The van der Waals surface area contributed by atoms with E-state index in [-0.39, 0.29) is 35.7 Å². The van der Waals surface area contributed by atoms with Crippen LogP contribution < -0.4 is 5.32 Å². The highest BCUT2D eigenvalue weighted by molar-refractivity contribution is 9.10. The van der Waals surface area contributed by atoms with Crippen LogP contribution in [-0.2, 0) is 26.2 Å². The van der Waals surface area contributed by atoms with Gasteiger partial charge in [0.05, 0.1) is 4.90 Å². The van der Waals surface area contributed by atoms with Crippen LogP contribution >= 0.6 is 15.9 Å². The molecule has 1 atom stereocenters. The fourth-order valence-electron chi connectivity index (χ4n) is 4.43. The molecule has 1 fully saturated rings. The number of sulfonamides is 1. The molecule has 2 aromatic carbocycles. The molecule has 36 heavy (non-hydrogen) atoms. The van der Waals surface area contributed by atoms with Crippen LogP contribution in [0, 0.1) is 0 Å². The number of carbonyl (C=O) groups is 2. The van der Waals surface area contributed by atoms with Crippen molar-refractivity contribution in [2.24, 2.45) is 0 Å². The summed E-state index contributed by atoms with van der Waals surface area (Å²) in [5.41, 5.74) is 0.924. The van der Waals surface area contributed by atoms with Crippen molar-refractivity contribution >= 4 is 37.8 Å². The van der Waals surface area contributed by atoms with Gasteiger partial charge < -0.3 is 10.2 Å². The quantitative estimate of drug-likeness (QED) is 0.418. The normalized spacial score (nSPS) is 15.4. The molecule has 0 unspecified atom stereocenters. The van der Waals surface area contributed by atoms with E-state index in [4.69, 9.17) is 0 Å². The van der Waals surface area contributed by atoms with Gasteiger partial charge in [0, 0.05) is 37.1 Å². The molecular weight excluding hydrogens is 542 g/mol. The maximum absolute atomic E-state index is 13.3. The molecule has 196 valence electrons. The van der Waals surface area contributed by atoms with Crippen LogP contribution in [0.3, 0.4) is 0 Å². The van der Waals surface area contributed by atoms with Crippen molar-refractivity contribution in [3.05, 3.63) is 64.6 Å². The van der Waals surface area contributed by atoms with Gasteiger partial charge in [-0.15, -0.1) is 0 Å². The van der Waals surface area contributed by atoms with Gasteiger partial charge in [-0.1, -0.05) is 65.5 Å². The van der Waals surface area contributed by atoms with Gasteiger partial charge >= 0.3 is 0 Å². The van der Waals surface area contributed by atoms with E-state index < -0.39 is 16.1 Å². The molecule has 9 heteroatoms. The van der Waals surface area contributed by atoms with E-state index in [1.807, 2.05) is 24.3 Å². The van der Waals surface area contributed by atoms with Crippen LogP contribution in [0.2, 0.25) is 0 Å². The largest absolute Gasteiger partial charge is 0.352 e. The molecule has 0 spiro atoms. The average Bonchev–Trinajstić information content (AvgIpc) is 2.88. The standard InChI is InChI=1S/C27H36BrN3O4S/c1-21(27(33)29-24-10-5-3-6-11-24)31(20-22-15-17-23(28)18-16-22)26(32)14-9-19-30(2)36(34,35)25-12-7-4-8-13-25/h4,7-8,12-13,15-18,21,24H,3,5-6,9-11,14,19-20H2,1-2H3,(H,29,33)/t21-/m0/s1. The van der Waals surface area contributed by atoms with E-state index in [1.165, 1.54) is 17.8 Å². The van der Waals surface area contributed by atoms with Gasteiger partial charge in [0.25, 0.3) is 0 Å². The molecule has 0 saturated heterocycles. The summed E-state index contributed by atoms with van der Waals surface area (Å²) in [4.78, 5) is 28.2. The van der Waals surface area contributed by atoms with Gasteiger partial charge in [0.1, 0.15) is 6.04 Å². The third kappa shape index (κ3) is 7.88. The Morgan fingerprint density at radius 3 is 2.31 bits per heavy atom. The van der Waals surface area contributed by atoms with Crippen molar-refractivity contribution in [3.8, 4) is 0 Å². The summed E-state index contributed by atoms with van der Waals surface area (Å²) >= 11 is 3.43. The summed E-state index contributed by atoms with van der Waals surface area (Å²) in [6.07, 6.45) is 5.87. The number of hydrogen-bond donors (Lipinski definition) is 1. The average molecular weight is 579 g/mol. The van der Waals surface area contributed by atoms with Gasteiger partial charge in [-0.3, -0.25) is 9.59 Å². The van der Waals surface area contributed by atoms with Gasteiger partial charge in [-0.05, 0) is 56.0 Å². The summed E-state index contributed by atoms with van der Waals surface area (Å²) in [5, 5.41) is 3.13. The second kappa shape index (κ2) is 13.4. The van der Waals surface area contributed by atoms with Crippen molar-refractivity contribution in [3.63, 3.8) is 0 Å². The van der Waals surface area contributed by atoms with E-state index in [1.54, 1.807) is 42.2 Å². The van der Waals surface area contributed by atoms with Crippen molar-refractivity contribution in [2.45, 2.75) is 75.4 Å². The second-order valence-corrected chi connectivity index (χ2v) is 12.4. The summed E-state index contributed by atoms with van der Waals surface area (Å²) in [7, 11) is -2.10. The summed E-state index contributed by atoms with van der Waals surface area (Å²) in [5.74, 6) is -0.314. The van der Waals surface area contributed by atoms with Gasteiger partial charge in [-0.25, -0.2) is 12.7 Å². The maximum atomic E-state index is 13.3. The van der Waals surface area contributed by atoms with E-state index >= 15 is 0 Å². The number of nitrogens with one attached hydrogen (secondary N) is 1. The minimum atomic E-state index is -3.62. The van der Waals surface area contributed by atoms with Gasteiger partial charge in [0.15, 0.2) is 0 Å². The lowest BCUT2D eigenvalue weighted by molar-refractivity contribution is -0.141. The van der Waals surface area contributed by atoms with Gasteiger partial charge in [-0.2, -0.15) is 0 Å². The van der Waals surface area contributed by atoms with Gasteiger partial charge in [0.2, 0.25) is 21.8 Å². The number of carbonyl (C=O) groups excluding carboxylic acids is 2. The number of halogens is 1. The second-order valence-electron chi connectivity index (χ2n) is 9.41. The minimum absolute atomic E-state index is 0.142. The van der Waals surface area contributed by atoms with Crippen molar-refractivity contribution in [1.82, 2.24) is 14.5 Å². The van der Waals surface area contributed by atoms with E-state index in [2.05, 4.69) is 21.2 Å². The molecule has 7 nitrogen and oxygen atoms in total. The Hall–Kier alpha value is -2.23. The highest BCUT2D eigenvalue weighted by Gasteiger charge is 2.28. The molecule has 0 bridgehead atoms. The lowest BCUT2D eigenvalue weighted by atomic mass is 9.95. The number of benzene rings is 2. The summed E-state index contributed by atoms with van der Waals surface area (Å²) < 4.78 is 27.8. The lowest BCUT2D eigenvalue weighted by Gasteiger charge is -2.31. The molecule has 0 heterocycles. The third-order valence-corrected chi connectivity index (χ3v) is 9.10. The highest BCUT2D eigenvalue weighted by atomic mass is 79.9. The third-order valence-electron chi connectivity index (χ3n) is 6.70. The molecule has 1 N–H and O–H groups in total. The van der Waals surface area contributed by atoms with Crippen LogP contribution in [-0.4, -0.2) is 55.1 Å². The predicted octanol–water partition coefficient (Wildman–Crippen LogP) is 4.72. The first kappa shape index (κ1) is 28.3. The molecule has 2 amide bonds. The Kier molecular flexibility index (Phi) is 10.5. The molecular formula is C27H36BrN3O4S. The Morgan fingerprint density at radius 2 is 1.67 bits per heavy atom. The molecule has 0 aliphatic heterocycles. The Bertz CT molecular complexity index is 1100. The smallest absolute Gasteiger partial charge is 0.242 e. The zero-order valence-corrected chi connectivity index (χ0v) is 23.4. The highest BCUT2D eigenvalue weighted by Crippen LogP contribution is 2.20. The monoisotopic (exact) mass is 577 g/mol. The van der Waals surface area contributed by atoms with Crippen LogP contribution in [0.1, 0.15) is 57.4 Å². The SMILES string of the molecule is C[C@@H](C(=O)NC1CCCCC1)N(Cc1ccc(Br)cc1)C(=O)CCCN(C)S(=O)(=O)c1ccccc1. The molecule has 3 rings (SSSR count). The summed E-state index contributed by atoms with van der Waals surface area (Å²) in [6.45, 7) is 2.28. The van der Waals surface area contributed by atoms with E-state index in [9.17, 15) is 18.0 Å². The molecule has 0 radical (unpaired) electrons. The van der Waals surface area contributed by atoms with Crippen molar-refractivity contribution in [1.29, 1.82) is 0 Å². The van der Waals surface area contributed by atoms with Crippen LogP contribution in [0.4, 0.5) is 0 Å². The van der Waals surface area contributed by atoms with Crippen molar-refractivity contribution in [2.75, 3.05) is 13.6 Å². The van der Waals surface area contributed by atoms with Crippen molar-refractivity contribution < 1.29 is 18.0 Å². The zero-order valence-electron chi connectivity index (χ0n) is 21.0. The first-order chi connectivity index (χ1) is 17.2. The van der Waals surface area contributed by atoms with Crippen LogP contribution in [0.25, 0.3) is 0 Å².